The molecule has 0 aliphatic heterocycles. The molecule has 120 valence electrons. The average Bonchev–Trinajstić information content (AvgIpc) is 2.55. The van der Waals surface area contributed by atoms with Gasteiger partial charge >= 0.3 is 0 Å². The molecule has 3 aromatic rings. The van der Waals surface area contributed by atoms with Crippen LogP contribution in [0.2, 0.25) is 10.0 Å². The van der Waals surface area contributed by atoms with Crippen LogP contribution in [0.1, 0.15) is 21.5 Å². The van der Waals surface area contributed by atoms with Crippen molar-refractivity contribution in [2.24, 2.45) is 0 Å². The van der Waals surface area contributed by atoms with Gasteiger partial charge in [-0.2, -0.15) is 0 Å². The van der Waals surface area contributed by atoms with E-state index in [2.05, 4.69) is 5.32 Å². The quantitative estimate of drug-likeness (QED) is 0.625. The van der Waals surface area contributed by atoms with E-state index in [-0.39, 0.29) is 5.91 Å². The molecule has 0 heterocycles. The molecule has 2 nitrogen and oxygen atoms in total. The second kappa shape index (κ2) is 7.52. The van der Waals surface area contributed by atoms with Crippen molar-refractivity contribution in [2.75, 3.05) is 5.32 Å². The van der Waals surface area contributed by atoms with Gasteiger partial charge in [0.15, 0.2) is 0 Å². The summed E-state index contributed by atoms with van der Waals surface area (Å²) in [5, 5.41) is 3.82. The number of amides is 1. The third-order valence-corrected chi connectivity index (χ3v) is 4.06. The molecule has 0 atom stereocenters. The smallest absolute Gasteiger partial charge is 0.255 e. The SMILES string of the molecule is O=C(Nc1cc(Cl)cc(Cl)c1)c1ccccc1Cc1ccccc1. The second-order valence-corrected chi connectivity index (χ2v) is 6.30. The maximum absolute atomic E-state index is 12.7. The van der Waals surface area contributed by atoms with Crippen LogP contribution < -0.4 is 5.32 Å². The summed E-state index contributed by atoms with van der Waals surface area (Å²) in [6.07, 6.45) is 0.695. The Morgan fingerprint density at radius 2 is 1.46 bits per heavy atom. The zero-order valence-electron chi connectivity index (χ0n) is 12.8. The molecular weight excluding hydrogens is 341 g/mol. The second-order valence-electron chi connectivity index (χ2n) is 5.43. The summed E-state index contributed by atoms with van der Waals surface area (Å²) >= 11 is 12.0. The predicted octanol–water partition coefficient (Wildman–Crippen LogP) is 5.84. The maximum Gasteiger partial charge on any atom is 0.255 e. The molecule has 0 unspecified atom stereocenters. The molecule has 1 amide bonds. The number of benzene rings is 3. The first kappa shape index (κ1) is 16.6. The highest BCUT2D eigenvalue weighted by molar-refractivity contribution is 6.35. The fourth-order valence-electron chi connectivity index (χ4n) is 2.54. The first-order valence-electron chi connectivity index (χ1n) is 7.51. The summed E-state index contributed by atoms with van der Waals surface area (Å²) in [6.45, 7) is 0. The fraction of sp³-hybridized carbons (Fsp3) is 0.0500. The number of anilines is 1. The molecule has 0 bridgehead atoms. The van der Waals surface area contributed by atoms with Gasteiger partial charge in [-0.15, -0.1) is 0 Å². The minimum atomic E-state index is -0.181. The Hall–Kier alpha value is -2.29. The minimum absolute atomic E-state index is 0.181. The largest absolute Gasteiger partial charge is 0.322 e. The van der Waals surface area contributed by atoms with Crippen molar-refractivity contribution in [3.05, 3.63) is 99.5 Å². The van der Waals surface area contributed by atoms with Gasteiger partial charge in [0, 0.05) is 21.3 Å². The van der Waals surface area contributed by atoms with E-state index >= 15 is 0 Å². The van der Waals surface area contributed by atoms with Gasteiger partial charge in [-0.25, -0.2) is 0 Å². The molecule has 3 rings (SSSR count). The summed E-state index contributed by atoms with van der Waals surface area (Å²) in [5.41, 5.74) is 3.34. The van der Waals surface area contributed by atoms with E-state index in [9.17, 15) is 4.79 Å². The highest BCUT2D eigenvalue weighted by atomic mass is 35.5. The lowest BCUT2D eigenvalue weighted by Gasteiger charge is -2.11. The Bertz CT molecular complexity index is 842. The number of rotatable bonds is 4. The lowest BCUT2D eigenvalue weighted by Crippen LogP contribution is -2.14. The number of hydrogen-bond acceptors (Lipinski definition) is 1. The standard InChI is InChI=1S/C20H15Cl2NO/c21-16-11-17(22)13-18(12-16)23-20(24)19-9-5-4-8-15(19)10-14-6-2-1-3-7-14/h1-9,11-13H,10H2,(H,23,24). The van der Waals surface area contributed by atoms with Crippen molar-refractivity contribution in [1.29, 1.82) is 0 Å². The topological polar surface area (TPSA) is 29.1 Å². The molecular formula is C20H15Cl2NO. The van der Waals surface area contributed by atoms with Crippen LogP contribution in [0.5, 0.6) is 0 Å². The molecule has 24 heavy (non-hydrogen) atoms. The normalized spacial score (nSPS) is 10.4. The maximum atomic E-state index is 12.7. The van der Waals surface area contributed by atoms with Gasteiger partial charge in [0.05, 0.1) is 0 Å². The molecule has 0 aliphatic rings. The van der Waals surface area contributed by atoms with Crippen LogP contribution in [0.15, 0.2) is 72.8 Å². The molecule has 1 N–H and O–H groups in total. The summed E-state index contributed by atoms with van der Waals surface area (Å²) in [4.78, 5) is 12.7. The molecule has 0 radical (unpaired) electrons. The number of nitrogens with one attached hydrogen (secondary N) is 1. The van der Waals surface area contributed by atoms with Crippen LogP contribution in [0.25, 0.3) is 0 Å². The van der Waals surface area contributed by atoms with Crippen LogP contribution in [0.3, 0.4) is 0 Å². The molecule has 0 aromatic heterocycles. The van der Waals surface area contributed by atoms with Gasteiger partial charge in [0.1, 0.15) is 0 Å². The summed E-state index contributed by atoms with van der Waals surface area (Å²) < 4.78 is 0. The Morgan fingerprint density at radius 1 is 0.833 bits per heavy atom. The minimum Gasteiger partial charge on any atom is -0.322 e. The Balaban J connectivity index is 1.85. The number of halogens is 2. The van der Waals surface area contributed by atoms with Crippen LogP contribution in [-0.2, 0) is 6.42 Å². The molecule has 0 spiro atoms. The van der Waals surface area contributed by atoms with Crippen molar-refractivity contribution in [2.45, 2.75) is 6.42 Å². The lowest BCUT2D eigenvalue weighted by atomic mass is 9.99. The third-order valence-electron chi connectivity index (χ3n) is 3.62. The summed E-state index contributed by atoms with van der Waals surface area (Å²) in [6, 6.07) is 22.6. The molecule has 4 heteroatoms. The number of hydrogen-bond donors (Lipinski definition) is 1. The first-order valence-corrected chi connectivity index (χ1v) is 8.27. The van der Waals surface area contributed by atoms with Crippen LogP contribution in [0.4, 0.5) is 5.69 Å². The van der Waals surface area contributed by atoms with Gasteiger partial charge in [-0.1, -0.05) is 71.7 Å². The molecule has 0 aliphatic carbocycles. The molecule has 3 aromatic carbocycles. The molecule has 0 saturated heterocycles. The van der Waals surface area contributed by atoms with E-state index < -0.39 is 0 Å². The van der Waals surface area contributed by atoms with E-state index in [4.69, 9.17) is 23.2 Å². The van der Waals surface area contributed by atoms with Gasteiger partial charge in [0.2, 0.25) is 0 Å². The zero-order valence-corrected chi connectivity index (χ0v) is 14.3. The molecule has 0 saturated carbocycles. The first-order chi connectivity index (χ1) is 11.6. The zero-order chi connectivity index (χ0) is 16.9. The van der Waals surface area contributed by atoms with Gasteiger partial charge in [-0.05, 0) is 41.8 Å². The van der Waals surface area contributed by atoms with E-state index in [0.717, 1.165) is 11.1 Å². The van der Waals surface area contributed by atoms with Gasteiger partial charge in [0.25, 0.3) is 5.91 Å². The number of carbonyl (C=O) groups excluding carboxylic acids is 1. The predicted molar refractivity (Wildman–Crippen MR) is 100 cm³/mol. The van der Waals surface area contributed by atoms with Gasteiger partial charge < -0.3 is 5.32 Å². The van der Waals surface area contributed by atoms with Crippen molar-refractivity contribution in [1.82, 2.24) is 0 Å². The monoisotopic (exact) mass is 355 g/mol. The van der Waals surface area contributed by atoms with Crippen molar-refractivity contribution >= 4 is 34.8 Å². The highest BCUT2D eigenvalue weighted by Gasteiger charge is 2.12. The summed E-state index contributed by atoms with van der Waals surface area (Å²) in [5.74, 6) is -0.181. The van der Waals surface area contributed by atoms with E-state index in [1.165, 1.54) is 0 Å². The Morgan fingerprint density at radius 3 is 2.17 bits per heavy atom. The van der Waals surface area contributed by atoms with E-state index in [0.29, 0.717) is 27.7 Å². The van der Waals surface area contributed by atoms with Crippen LogP contribution >= 0.6 is 23.2 Å². The van der Waals surface area contributed by atoms with Crippen molar-refractivity contribution in [3.8, 4) is 0 Å². The Kier molecular flexibility index (Phi) is 5.19. The average molecular weight is 356 g/mol. The lowest BCUT2D eigenvalue weighted by molar-refractivity contribution is 0.102. The highest BCUT2D eigenvalue weighted by Crippen LogP contribution is 2.23. The number of carbonyl (C=O) groups is 1. The fourth-order valence-corrected chi connectivity index (χ4v) is 3.06. The molecule has 0 fully saturated rings. The summed E-state index contributed by atoms with van der Waals surface area (Å²) in [7, 11) is 0. The van der Waals surface area contributed by atoms with Gasteiger partial charge in [-0.3, -0.25) is 4.79 Å². The Labute approximate surface area is 151 Å². The van der Waals surface area contributed by atoms with Crippen molar-refractivity contribution in [3.63, 3.8) is 0 Å². The van der Waals surface area contributed by atoms with Crippen LogP contribution in [-0.4, -0.2) is 5.91 Å². The third kappa shape index (κ3) is 4.16. The van der Waals surface area contributed by atoms with E-state index in [1.54, 1.807) is 18.2 Å². The van der Waals surface area contributed by atoms with Crippen molar-refractivity contribution < 1.29 is 4.79 Å². The van der Waals surface area contributed by atoms with Crippen LogP contribution in [0, 0.1) is 0 Å². The van der Waals surface area contributed by atoms with E-state index in [1.807, 2.05) is 54.6 Å².